The highest BCUT2D eigenvalue weighted by Gasteiger charge is 2.42. The van der Waals surface area contributed by atoms with Gasteiger partial charge < -0.3 is 10.2 Å². The first-order valence-electron chi connectivity index (χ1n) is 10.5. The zero-order chi connectivity index (χ0) is 20.8. The summed E-state index contributed by atoms with van der Waals surface area (Å²) in [6.45, 7) is 5.71. The van der Waals surface area contributed by atoms with Gasteiger partial charge in [-0.05, 0) is 24.1 Å². The topological polar surface area (TPSA) is 102 Å². The van der Waals surface area contributed by atoms with Gasteiger partial charge in [-0.1, -0.05) is 6.07 Å². The van der Waals surface area contributed by atoms with E-state index in [1.54, 1.807) is 6.07 Å². The second kappa shape index (κ2) is 7.48. The Bertz CT molecular complexity index is 920. The Morgan fingerprint density at radius 1 is 0.967 bits per heavy atom. The van der Waals surface area contributed by atoms with E-state index in [2.05, 4.69) is 20.4 Å². The van der Waals surface area contributed by atoms with E-state index in [4.69, 9.17) is 0 Å². The molecule has 1 aromatic rings. The van der Waals surface area contributed by atoms with Crippen molar-refractivity contribution in [2.75, 3.05) is 44.2 Å². The van der Waals surface area contributed by atoms with E-state index in [9.17, 15) is 19.2 Å². The van der Waals surface area contributed by atoms with Crippen molar-refractivity contribution in [2.24, 2.45) is 0 Å². The van der Waals surface area contributed by atoms with E-state index >= 15 is 0 Å². The maximum absolute atomic E-state index is 13.2. The molecule has 3 fully saturated rings. The van der Waals surface area contributed by atoms with Crippen LogP contribution in [-0.2, 0) is 20.8 Å². The molecule has 2 N–H and O–H groups in total. The molecular formula is C21H25N5O4. The summed E-state index contributed by atoms with van der Waals surface area (Å²) in [4.78, 5) is 55.6. The van der Waals surface area contributed by atoms with E-state index in [1.165, 1.54) is 0 Å². The average Bonchev–Trinajstić information content (AvgIpc) is 2.68. The first kappa shape index (κ1) is 19.2. The molecule has 9 nitrogen and oxygen atoms in total. The Hall–Kier alpha value is -2.78. The Morgan fingerprint density at radius 2 is 1.73 bits per heavy atom. The summed E-state index contributed by atoms with van der Waals surface area (Å²) >= 11 is 0. The third kappa shape index (κ3) is 3.18. The summed E-state index contributed by atoms with van der Waals surface area (Å²) in [6.07, 6.45) is 0.387. The number of imide groups is 2. The predicted octanol–water partition coefficient (Wildman–Crippen LogP) is -0.889. The summed E-state index contributed by atoms with van der Waals surface area (Å²) in [5.74, 6) is -1.77. The van der Waals surface area contributed by atoms with Crippen molar-refractivity contribution in [3.05, 3.63) is 29.3 Å². The number of hydrogen-bond donors (Lipinski definition) is 2. The summed E-state index contributed by atoms with van der Waals surface area (Å²) < 4.78 is 0. The van der Waals surface area contributed by atoms with Crippen molar-refractivity contribution in [3.63, 3.8) is 0 Å². The third-order valence-corrected chi connectivity index (χ3v) is 6.65. The first-order valence-corrected chi connectivity index (χ1v) is 10.5. The molecule has 0 bridgehead atoms. The molecule has 1 atom stereocenters. The highest BCUT2D eigenvalue weighted by Crippen LogP contribution is 2.32. The van der Waals surface area contributed by atoms with Crippen molar-refractivity contribution >= 4 is 29.3 Å². The number of nitrogens with one attached hydrogen (secondary N) is 2. The van der Waals surface area contributed by atoms with Gasteiger partial charge in [0.25, 0.3) is 5.91 Å². The molecule has 30 heavy (non-hydrogen) atoms. The summed E-state index contributed by atoms with van der Waals surface area (Å²) in [5, 5.41) is 5.54. The monoisotopic (exact) mass is 411 g/mol. The van der Waals surface area contributed by atoms with E-state index < -0.39 is 17.9 Å². The molecule has 0 aromatic heterocycles. The normalized spacial score (nSPS) is 25.8. The Balaban J connectivity index is 1.37. The van der Waals surface area contributed by atoms with Gasteiger partial charge in [-0.3, -0.25) is 34.3 Å². The number of carbonyl (C=O) groups is 4. The maximum Gasteiger partial charge on any atom is 0.261 e. The number of carbonyl (C=O) groups excluding carboxylic acids is 4. The molecule has 4 aliphatic heterocycles. The average molecular weight is 411 g/mol. The van der Waals surface area contributed by atoms with E-state index in [0.29, 0.717) is 11.6 Å². The van der Waals surface area contributed by atoms with Gasteiger partial charge in [0.1, 0.15) is 6.04 Å². The van der Waals surface area contributed by atoms with Crippen molar-refractivity contribution in [2.45, 2.75) is 31.3 Å². The van der Waals surface area contributed by atoms with Gasteiger partial charge in [0, 0.05) is 63.0 Å². The number of piperazine rings is 1. The van der Waals surface area contributed by atoms with Crippen LogP contribution in [0.2, 0.25) is 0 Å². The highest BCUT2D eigenvalue weighted by atomic mass is 16.2. The molecule has 4 aliphatic rings. The molecule has 1 unspecified atom stereocenters. The molecule has 3 saturated heterocycles. The SMILES string of the molecule is O=C1CCC(N2C(=O)Cc3c(cccc3N3CCN(C4CNC4)CC3)C2=O)C(=O)N1. The fourth-order valence-corrected chi connectivity index (χ4v) is 4.84. The molecule has 4 amide bonds. The molecule has 9 heteroatoms. The minimum Gasteiger partial charge on any atom is -0.369 e. The number of benzene rings is 1. The van der Waals surface area contributed by atoms with Crippen molar-refractivity contribution in [1.29, 1.82) is 0 Å². The van der Waals surface area contributed by atoms with Crippen LogP contribution in [0.15, 0.2) is 18.2 Å². The quantitative estimate of drug-likeness (QED) is 0.622. The molecule has 5 rings (SSSR count). The van der Waals surface area contributed by atoms with Crippen LogP contribution in [-0.4, -0.2) is 84.8 Å². The summed E-state index contributed by atoms with van der Waals surface area (Å²) in [7, 11) is 0. The van der Waals surface area contributed by atoms with Crippen LogP contribution in [0.3, 0.4) is 0 Å². The smallest absolute Gasteiger partial charge is 0.261 e. The summed E-state index contributed by atoms with van der Waals surface area (Å²) in [6, 6.07) is 5.23. The third-order valence-electron chi connectivity index (χ3n) is 6.65. The van der Waals surface area contributed by atoms with Crippen LogP contribution in [0, 0.1) is 0 Å². The maximum atomic E-state index is 13.2. The predicted molar refractivity (Wildman–Crippen MR) is 108 cm³/mol. The van der Waals surface area contributed by atoms with Gasteiger partial charge in [-0.15, -0.1) is 0 Å². The molecule has 0 aliphatic carbocycles. The lowest BCUT2D eigenvalue weighted by Gasteiger charge is -2.44. The number of nitrogens with zero attached hydrogens (tertiary/aromatic N) is 3. The van der Waals surface area contributed by atoms with Crippen molar-refractivity contribution in [3.8, 4) is 0 Å². The Labute approximate surface area is 174 Å². The van der Waals surface area contributed by atoms with E-state index in [1.807, 2.05) is 12.1 Å². The summed E-state index contributed by atoms with van der Waals surface area (Å²) in [5.41, 5.74) is 2.15. The first-order chi connectivity index (χ1) is 14.5. The molecule has 1 aromatic carbocycles. The van der Waals surface area contributed by atoms with Crippen LogP contribution >= 0.6 is 0 Å². The zero-order valence-electron chi connectivity index (χ0n) is 16.7. The largest absolute Gasteiger partial charge is 0.369 e. The minimum absolute atomic E-state index is 0.0851. The van der Waals surface area contributed by atoms with Gasteiger partial charge in [0.2, 0.25) is 17.7 Å². The number of rotatable bonds is 3. The van der Waals surface area contributed by atoms with Gasteiger partial charge >= 0.3 is 0 Å². The van der Waals surface area contributed by atoms with Gasteiger partial charge in [-0.2, -0.15) is 0 Å². The molecule has 0 radical (unpaired) electrons. The number of anilines is 1. The van der Waals surface area contributed by atoms with Crippen LogP contribution in [0.5, 0.6) is 0 Å². The van der Waals surface area contributed by atoms with E-state index in [0.717, 1.165) is 55.4 Å². The highest BCUT2D eigenvalue weighted by molar-refractivity contribution is 6.14. The number of piperidine rings is 1. The number of fused-ring (bicyclic) bond motifs is 1. The van der Waals surface area contributed by atoms with E-state index in [-0.39, 0.29) is 31.1 Å². The second-order valence-electron chi connectivity index (χ2n) is 8.35. The van der Waals surface area contributed by atoms with Crippen LogP contribution in [0.25, 0.3) is 0 Å². The lowest BCUT2D eigenvalue weighted by molar-refractivity contribution is -0.143. The van der Waals surface area contributed by atoms with Crippen molar-refractivity contribution < 1.29 is 19.2 Å². The van der Waals surface area contributed by atoms with Crippen LogP contribution < -0.4 is 15.5 Å². The fraction of sp³-hybridized carbons (Fsp3) is 0.524. The Morgan fingerprint density at radius 3 is 2.40 bits per heavy atom. The lowest BCUT2D eigenvalue weighted by Crippen LogP contribution is -2.61. The van der Waals surface area contributed by atoms with Gasteiger partial charge in [0.05, 0.1) is 6.42 Å². The molecular weight excluding hydrogens is 386 g/mol. The lowest BCUT2D eigenvalue weighted by atomic mass is 9.92. The molecule has 4 heterocycles. The number of hydrogen-bond acceptors (Lipinski definition) is 7. The van der Waals surface area contributed by atoms with Crippen LogP contribution in [0.1, 0.15) is 28.8 Å². The number of amides is 4. The minimum atomic E-state index is -0.917. The standard InChI is InChI=1S/C21H25N5O4/c27-18-5-4-17(20(29)23-18)26-19(28)10-15-14(21(26)30)2-1-3-16(15)25-8-6-24(7-9-25)13-11-22-12-13/h1-3,13,17,22H,4-12H2,(H,23,27,29). The Kier molecular flexibility index (Phi) is 4.79. The van der Waals surface area contributed by atoms with Crippen LogP contribution in [0.4, 0.5) is 5.69 Å². The van der Waals surface area contributed by atoms with Crippen molar-refractivity contribution in [1.82, 2.24) is 20.4 Å². The zero-order valence-corrected chi connectivity index (χ0v) is 16.7. The van der Waals surface area contributed by atoms with Gasteiger partial charge in [0.15, 0.2) is 0 Å². The molecule has 0 spiro atoms. The fourth-order valence-electron chi connectivity index (χ4n) is 4.84. The molecule has 158 valence electrons. The second-order valence-corrected chi connectivity index (χ2v) is 8.35. The molecule has 0 saturated carbocycles. The van der Waals surface area contributed by atoms with Gasteiger partial charge in [-0.25, -0.2) is 0 Å².